The molecule has 1 aliphatic rings. The Kier molecular flexibility index (Phi) is 6.39. The highest BCUT2D eigenvalue weighted by Crippen LogP contribution is 2.58. The van der Waals surface area contributed by atoms with Crippen molar-refractivity contribution < 1.29 is 19.1 Å². The van der Waals surface area contributed by atoms with Gasteiger partial charge in [0.15, 0.2) is 6.61 Å². The molecule has 0 radical (unpaired) electrons. The molecule has 3 atom stereocenters. The molecule has 0 aliphatic heterocycles. The van der Waals surface area contributed by atoms with E-state index in [9.17, 15) is 10.1 Å². The highest BCUT2D eigenvalue weighted by atomic mass is 16.6. The van der Waals surface area contributed by atoms with Crippen LogP contribution in [0.1, 0.15) is 25.5 Å². The lowest BCUT2D eigenvalue weighted by molar-refractivity contribution is -0.149. The van der Waals surface area contributed by atoms with Gasteiger partial charge in [-0.25, -0.2) is 0 Å². The van der Waals surface area contributed by atoms with Gasteiger partial charge < -0.3 is 14.3 Å². The van der Waals surface area contributed by atoms with Crippen molar-refractivity contribution in [2.24, 2.45) is 22.4 Å². The lowest BCUT2D eigenvalue weighted by Crippen LogP contribution is -2.14. The third kappa shape index (κ3) is 4.79. The number of benzene rings is 2. The average molecular weight is 402 g/mol. The lowest BCUT2D eigenvalue weighted by atomic mass is 10.1. The highest BCUT2D eigenvalue weighted by molar-refractivity contribution is 5.85. The van der Waals surface area contributed by atoms with E-state index in [0.29, 0.717) is 17.1 Å². The zero-order valence-electron chi connectivity index (χ0n) is 16.8. The summed E-state index contributed by atoms with van der Waals surface area (Å²) >= 11 is 0. The monoisotopic (exact) mass is 402 g/mol. The minimum absolute atomic E-state index is 0.0661. The topological polar surface area (TPSA) is 80.9 Å². The van der Waals surface area contributed by atoms with E-state index in [0.717, 1.165) is 0 Å². The fourth-order valence-corrected chi connectivity index (χ4v) is 3.31. The van der Waals surface area contributed by atoms with E-state index < -0.39 is 18.0 Å². The molecule has 1 saturated carbocycles. The number of terminal acetylenes is 1. The number of carbonyl (C=O) groups excluding carboxylic acids is 1. The second-order valence-corrected chi connectivity index (χ2v) is 7.49. The number of oxime groups is 1. The number of hydrogen-bond acceptors (Lipinski definition) is 6. The zero-order chi connectivity index (χ0) is 21.6. The number of nitrogens with zero attached hydrogens (tertiary/aromatic N) is 2. The van der Waals surface area contributed by atoms with Crippen molar-refractivity contribution in [3.8, 4) is 29.9 Å². The van der Waals surface area contributed by atoms with Gasteiger partial charge in [0.05, 0.1) is 5.92 Å². The fourth-order valence-electron chi connectivity index (χ4n) is 3.31. The van der Waals surface area contributed by atoms with Gasteiger partial charge in [0.1, 0.15) is 17.6 Å². The Morgan fingerprint density at radius 3 is 2.67 bits per heavy atom. The van der Waals surface area contributed by atoms with Gasteiger partial charge in [0.25, 0.3) is 0 Å². The first-order chi connectivity index (χ1) is 14.5. The molecule has 30 heavy (non-hydrogen) atoms. The molecule has 0 aromatic heterocycles. The van der Waals surface area contributed by atoms with Crippen molar-refractivity contribution >= 4 is 12.2 Å². The van der Waals surface area contributed by atoms with Crippen LogP contribution in [-0.4, -0.2) is 18.8 Å². The zero-order valence-corrected chi connectivity index (χ0v) is 16.8. The predicted octanol–water partition coefficient (Wildman–Crippen LogP) is 4.49. The molecule has 0 bridgehead atoms. The van der Waals surface area contributed by atoms with Crippen LogP contribution in [0, 0.1) is 40.9 Å². The van der Waals surface area contributed by atoms with E-state index >= 15 is 0 Å². The Morgan fingerprint density at radius 2 is 1.97 bits per heavy atom. The molecule has 0 N–H and O–H groups in total. The maximum atomic E-state index is 12.7. The van der Waals surface area contributed by atoms with Crippen LogP contribution < -0.4 is 4.74 Å². The van der Waals surface area contributed by atoms with Gasteiger partial charge in [0.2, 0.25) is 6.10 Å². The molecule has 3 rings (SSSR count). The number of ether oxygens (including phenoxy) is 2. The Balaban J connectivity index is 1.66. The van der Waals surface area contributed by atoms with Crippen LogP contribution in [0.3, 0.4) is 0 Å². The molecular weight excluding hydrogens is 380 g/mol. The summed E-state index contributed by atoms with van der Waals surface area (Å²) < 4.78 is 11.3. The van der Waals surface area contributed by atoms with Gasteiger partial charge in [-0.3, -0.25) is 4.79 Å². The second kappa shape index (κ2) is 9.15. The molecule has 0 spiro atoms. The van der Waals surface area contributed by atoms with Gasteiger partial charge in [0, 0.05) is 17.7 Å². The number of hydrogen-bond donors (Lipinski definition) is 0. The summed E-state index contributed by atoms with van der Waals surface area (Å²) in [6.45, 7) is 3.94. The van der Waals surface area contributed by atoms with E-state index in [1.165, 1.54) is 0 Å². The second-order valence-electron chi connectivity index (χ2n) is 7.49. The molecule has 6 heteroatoms. The number of esters is 1. The number of nitriles is 1. The van der Waals surface area contributed by atoms with Crippen LogP contribution in [0.15, 0.2) is 59.8 Å². The number of carbonyl (C=O) groups is 1. The van der Waals surface area contributed by atoms with Gasteiger partial charge in [-0.2, -0.15) is 5.26 Å². The van der Waals surface area contributed by atoms with Gasteiger partial charge in [-0.1, -0.05) is 55.3 Å². The molecule has 2 aromatic rings. The first-order valence-corrected chi connectivity index (χ1v) is 9.49. The number of para-hydroxylation sites is 1. The molecule has 1 aliphatic carbocycles. The Morgan fingerprint density at radius 1 is 1.23 bits per heavy atom. The molecule has 1 unspecified atom stereocenters. The first kappa shape index (κ1) is 21.0. The van der Waals surface area contributed by atoms with Crippen molar-refractivity contribution in [1.82, 2.24) is 0 Å². The summed E-state index contributed by atoms with van der Waals surface area (Å²) in [4.78, 5) is 17.6. The van der Waals surface area contributed by atoms with Crippen molar-refractivity contribution in [1.29, 1.82) is 5.26 Å². The van der Waals surface area contributed by atoms with Crippen molar-refractivity contribution in [2.75, 3.05) is 6.61 Å². The van der Waals surface area contributed by atoms with Crippen molar-refractivity contribution in [2.45, 2.75) is 20.0 Å². The van der Waals surface area contributed by atoms with E-state index in [4.69, 9.17) is 20.7 Å². The fraction of sp³-hybridized carbons (Fsp3) is 0.292. The lowest BCUT2D eigenvalue weighted by Gasteiger charge is -2.13. The standard InChI is InChI=1S/C24H22N2O4/c1-4-13-28-26-16-20-22(24(20,2)3)23(27)30-21(15-25)17-9-8-12-19(14-17)29-18-10-6-5-7-11-18/h1,5-12,14,16,20-22H,13H2,2-3H3/t20-,21?,22-/m0/s1. The molecular formula is C24H22N2O4. The number of rotatable bonds is 8. The molecule has 0 heterocycles. The molecule has 0 amide bonds. The van der Waals surface area contributed by atoms with Crippen LogP contribution in [0.4, 0.5) is 0 Å². The van der Waals surface area contributed by atoms with E-state index in [-0.39, 0.29) is 17.9 Å². The summed E-state index contributed by atoms with van der Waals surface area (Å²) in [6.07, 6.45) is 5.64. The highest BCUT2D eigenvalue weighted by Gasteiger charge is 2.62. The summed E-state index contributed by atoms with van der Waals surface area (Å²) in [5.74, 6) is 2.54. The largest absolute Gasteiger partial charge is 0.457 e. The smallest absolute Gasteiger partial charge is 0.311 e. The third-order valence-electron chi connectivity index (χ3n) is 5.10. The van der Waals surface area contributed by atoms with Crippen LogP contribution in [-0.2, 0) is 14.4 Å². The molecule has 2 aromatic carbocycles. The Bertz CT molecular complexity index is 1000. The maximum absolute atomic E-state index is 12.7. The van der Waals surface area contributed by atoms with Crippen molar-refractivity contribution in [3.05, 3.63) is 60.2 Å². The summed E-state index contributed by atoms with van der Waals surface area (Å²) in [5.41, 5.74) is 0.207. The predicted molar refractivity (Wildman–Crippen MR) is 111 cm³/mol. The molecule has 1 fully saturated rings. The summed E-state index contributed by atoms with van der Waals surface area (Å²) in [5, 5.41) is 13.4. The van der Waals surface area contributed by atoms with E-state index in [1.807, 2.05) is 50.2 Å². The molecule has 0 saturated heterocycles. The average Bonchev–Trinajstić information content (AvgIpc) is 3.30. The third-order valence-corrected chi connectivity index (χ3v) is 5.10. The summed E-state index contributed by atoms with van der Waals surface area (Å²) in [6, 6.07) is 18.3. The molecule has 152 valence electrons. The minimum atomic E-state index is -1.04. The van der Waals surface area contributed by atoms with Crippen molar-refractivity contribution in [3.63, 3.8) is 0 Å². The minimum Gasteiger partial charge on any atom is -0.457 e. The molecule has 6 nitrogen and oxygen atoms in total. The van der Waals surface area contributed by atoms with E-state index in [1.54, 1.807) is 30.5 Å². The van der Waals surface area contributed by atoms with Gasteiger partial charge >= 0.3 is 5.97 Å². The van der Waals surface area contributed by atoms with E-state index in [2.05, 4.69) is 11.1 Å². The Labute approximate surface area is 176 Å². The SMILES string of the molecule is C#CCON=C[C@H]1[C@@H](C(=O)OC(C#N)c2cccc(Oc3ccccc3)c2)C1(C)C. The van der Waals surface area contributed by atoms with Gasteiger partial charge in [-0.05, 0) is 29.7 Å². The maximum Gasteiger partial charge on any atom is 0.311 e. The normalized spacial score (nSPS) is 19.9. The quantitative estimate of drug-likeness (QED) is 0.214. The Hall–Kier alpha value is -3.77. The van der Waals surface area contributed by atoms with Crippen LogP contribution in [0.25, 0.3) is 0 Å². The van der Waals surface area contributed by atoms with Crippen LogP contribution in [0.5, 0.6) is 11.5 Å². The van der Waals surface area contributed by atoms with Gasteiger partial charge in [-0.15, -0.1) is 6.42 Å². The first-order valence-electron chi connectivity index (χ1n) is 9.49. The van der Waals surface area contributed by atoms with Crippen LogP contribution >= 0.6 is 0 Å². The summed E-state index contributed by atoms with van der Waals surface area (Å²) in [7, 11) is 0. The van der Waals surface area contributed by atoms with Crippen LogP contribution in [0.2, 0.25) is 0 Å².